The molecule has 2 heterocycles. The van der Waals surface area contributed by atoms with Gasteiger partial charge in [-0.25, -0.2) is 4.98 Å². The van der Waals surface area contributed by atoms with E-state index in [1.165, 1.54) is 6.92 Å². The van der Waals surface area contributed by atoms with Crippen molar-refractivity contribution in [2.75, 3.05) is 12.4 Å². The van der Waals surface area contributed by atoms with Crippen LogP contribution >= 0.6 is 0 Å². The normalized spacial score (nSPS) is 10.6. The minimum atomic E-state index is -0.274. The van der Waals surface area contributed by atoms with Crippen molar-refractivity contribution in [3.63, 3.8) is 0 Å². The van der Waals surface area contributed by atoms with Crippen molar-refractivity contribution < 1.29 is 14.3 Å². The maximum absolute atomic E-state index is 12.6. The van der Waals surface area contributed by atoms with E-state index < -0.39 is 0 Å². The number of methoxy groups -OCH3 is 1. The largest absolute Gasteiger partial charge is 0.493 e. The van der Waals surface area contributed by atoms with Crippen LogP contribution in [0.4, 0.5) is 5.69 Å². The summed E-state index contributed by atoms with van der Waals surface area (Å²) >= 11 is 0. The minimum absolute atomic E-state index is 0.0161. The second-order valence-electron chi connectivity index (χ2n) is 5.40. The Balaban J connectivity index is 1.94. The van der Waals surface area contributed by atoms with Gasteiger partial charge in [-0.3, -0.25) is 14.0 Å². The molecule has 0 atom stereocenters. The van der Waals surface area contributed by atoms with E-state index in [0.29, 0.717) is 34.0 Å². The molecule has 0 saturated heterocycles. The molecule has 3 aromatic rings. The molecule has 122 valence electrons. The number of imidazole rings is 1. The van der Waals surface area contributed by atoms with Crippen molar-refractivity contribution in [1.82, 2.24) is 9.38 Å². The van der Waals surface area contributed by atoms with Gasteiger partial charge in [0.2, 0.25) is 0 Å². The Kier molecular flexibility index (Phi) is 4.04. The number of nitrogens with zero attached hydrogens (tertiary/aromatic N) is 2. The third-order valence-corrected chi connectivity index (χ3v) is 3.77. The lowest BCUT2D eigenvalue weighted by atomic mass is 10.1. The molecular weight excluding hydrogens is 306 g/mol. The molecule has 0 aliphatic carbocycles. The summed E-state index contributed by atoms with van der Waals surface area (Å²) in [5.41, 5.74) is 2.86. The van der Waals surface area contributed by atoms with Crippen molar-refractivity contribution in [3.05, 3.63) is 59.5 Å². The summed E-state index contributed by atoms with van der Waals surface area (Å²) in [6.07, 6.45) is 1.77. The Labute approximate surface area is 139 Å². The first-order valence-electron chi connectivity index (χ1n) is 7.45. The molecule has 0 bridgehead atoms. The molecule has 0 fully saturated rings. The van der Waals surface area contributed by atoms with Crippen molar-refractivity contribution >= 4 is 23.0 Å². The summed E-state index contributed by atoms with van der Waals surface area (Å²) in [5.74, 6) is 0.312. The van der Waals surface area contributed by atoms with Crippen LogP contribution in [-0.4, -0.2) is 28.2 Å². The quantitative estimate of drug-likeness (QED) is 0.749. The first-order chi connectivity index (χ1) is 11.5. The molecule has 0 radical (unpaired) electrons. The third-order valence-electron chi connectivity index (χ3n) is 3.77. The highest BCUT2D eigenvalue weighted by atomic mass is 16.5. The summed E-state index contributed by atoms with van der Waals surface area (Å²) < 4.78 is 6.98. The molecule has 0 aliphatic heterocycles. The van der Waals surface area contributed by atoms with Gasteiger partial charge in [0, 0.05) is 17.4 Å². The van der Waals surface area contributed by atoms with Crippen molar-refractivity contribution in [1.29, 1.82) is 0 Å². The number of carbonyl (C=O) groups is 2. The third kappa shape index (κ3) is 2.74. The van der Waals surface area contributed by atoms with Gasteiger partial charge in [-0.2, -0.15) is 0 Å². The van der Waals surface area contributed by atoms with Gasteiger partial charge in [0.25, 0.3) is 5.91 Å². The van der Waals surface area contributed by atoms with E-state index in [4.69, 9.17) is 4.74 Å². The molecule has 24 heavy (non-hydrogen) atoms. The lowest BCUT2D eigenvalue weighted by Gasteiger charge is -2.07. The number of ether oxygens (including phenoxy) is 1. The Morgan fingerprint density at radius 1 is 1.17 bits per heavy atom. The molecule has 0 unspecified atom stereocenters. The number of anilines is 1. The van der Waals surface area contributed by atoms with Crippen LogP contribution in [0.5, 0.6) is 5.75 Å². The van der Waals surface area contributed by atoms with Gasteiger partial charge in [-0.15, -0.1) is 0 Å². The van der Waals surface area contributed by atoms with Gasteiger partial charge in [-0.05, 0) is 50.2 Å². The number of ketones is 1. The van der Waals surface area contributed by atoms with E-state index in [9.17, 15) is 9.59 Å². The number of Topliss-reactive ketones (excluding diaryl/α,β-unsaturated/α-hetero) is 1. The van der Waals surface area contributed by atoms with Gasteiger partial charge in [0.05, 0.1) is 12.8 Å². The van der Waals surface area contributed by atoms with Crippen LogP contribution in [0.15, 0.2) is 42.6 Å². The summed E-state index contributed by atoms with van der Waals surface area (Å²) in [5, 5.41) is 2.83. The summed E-state index contributed by atoms with van der Waals surface area (Å²) in [6.45, 7) is 3.28. The molecule has 6 nitrogen and oxygen atoms in total. The van der Waals surface area contributed by atoms with Crippen LogP contribution in [0.1, 0.15) is 33.5 Å². The Hall–Kier alpha value is -3.15. The van der Waals surface area contributed by atoms with E-state index in [1.54, 1.807) is 61.0 Å². The number of aryl methyl sites for hydroxylation is 1. The fraction of sp³-hybridized carbons (Fsp3) is 0.167. The monoisotopic (exact) mass is 323 g/mol. The molecule has 1 amide bonds. The van der Waals surface area contributed by atoms with Crippen LogP contribution in [0, 0.1) is 6.92 Å². The number of pyridine rings is 1. The fourth-order valence-electron chi connectivity index (χ4n) is 2.57. The minimum Gasteiger partial charge on any atom is -0.493 e. The summed E-state index contributed by atoms with van der Waals surface area (Å²) in [4.78, 5) is 28.4. The number of hydrogen-bond donors (Lipinski definition) is 1. The van der Waals surface area contributed by atoms with E-state index in [2.05, 4.69) is 10.3 Å². The molecule has 0 saturated carbocycles. The van der Waals surface area contributed by atoms with Crippen molar-refractivity contribution in [2.24, 2.45) is 0 Å². The highest BCUT2D eigenvalue weighted by Crippen LogP contribution is 2.22. The van der Waals surface area contributed by atoms with Gasteiger partial charge >= 0.3 is 0 Å². The number of fused-ring (bicyclic) bond motifs is 1. The van der Waals surface area contributed by atoms with Gasteiger partial charge in [-0.1, -0.05) is 0 Å². The van der Waals surface area contributed by atoms with E-state index in [0.717, 1.165) is 0 Å². The smallest absolute Gasteiger partial charge is 0.274 e. The average molecular weight is 323 g/mol. The Morgan fingerprint density at radius 3 is 2.50 bits per heavy atom. The van der Waals surface area contributed by atoms with Crippen LogP contribution in [0.3, 0.4) is 0 Å². The lowest BCUT2D eigenvalue weighted by Crippen LogP contribution is -2.15. The predicted octanol–water partition coefficient (Wildman–Crippen LogP) is 3.11. The zero-order valence-corrected chi connectivity index (χ0v) is 13.7. The average Bonchev–Trinajstić information content (AvgIpc) is 2.91. The zero-order chi connectivity index (χ0) is 17.3. The van der Waals surface area contributed by atoms with Crippen molar-refractivity contribution in [3.8, 4) is 5.75 Å². The van der Waals surface area contributed by atoms with Crippen LogP contribution in [0.25, 0.3) is 5.65 Å². The maximum Gasteiger partial charge on any atom is 0.274 e. The van der Waals surface area contributed by atoms with Gasteiger partial charge < -0.3 is 10.1 Å². The Morgan fingerprint density at radius 2 is 1.88 bits per heavy atom. The number of nitrogens with one attached hydrogen (secondary N) is 1. The van der Waals surface area contributed by atoms with Gasteiger partial charge in [0.1, 0.15) is 5.69 Å². The molecule has 3 rings (SSSR count). The molecule has 1 aromatic carbocycles. The summed E-state index contributed by atoms with van der Waals surface area (Å²) in [7, 11) is 1.57. The Bertz CT molecular complexity index is 927. The molecule has 6 heteroatoms. The van der Waals surface area contributed by atoms with Gasteiger partial charge in [0.15, 0.2) is 17.2 Å². The van der Waals surface area contributed by atoms with Crippen LogP contribution < -0.4 is 10.1 Å². The highest BCUT2D eigenvalue weighted by molar-refractivity contribution is 6.05. The van der Waals surface area contributed by atoms with Crippen molar-refractivity contribution in [2.45, 2.75) is 13.8 Å². The molecular formula is C18H17N3O3. The number of benzene rings is 1. The topological polar surface area (TPSA) is 72.7 Å². The molecule has 1 N–H and O–H groups in total. The zero-order valence-electron chi connectivity index (χ0n) is 13.7. The molecule has 2 aromatic heterocycles. The first-order valence-corrected chi connectivity index (χ1v) is 7.45. The number of carbonyl (C=O) groups excluding carboxylic acids is 2. The summed E-state index contributed by atoms with van der Waals surface area (Å²) in [6, 6.07) is 10.4. The molecule has 0 spiro atoms. The number of hydrogen-bond acceptors (Lipinski definition) is 4. The van der Waals surface area contributed by atoms with Crippen LogP contribution in [-0.2, 0) is 0 Å². The second kappa shape index (κ2) is 6.16. The number of rotatable bonds is 4. The number of amides is 1. The van der Waals surface area contributed by atoms with Crippen LogP contribution in [0.2, 0.25) is 0 Å². The SMILES string of the molecule is COc1cccn2c(C(=O)Nc3ccc(C(C)=O)cc3)c(C)nc12. The van der Waals surface area contributed by atoms with E-state index in [1.807, 2.05) is 0 Å². The maximum atomic E-state index is 12.6. The number of aromatic nitrogens is 2. The molecule has 0 aliphatic rings. The van der Waals surface area contributed by atoms with E-state index in [-0.39, 0.29) is 11.7 Å². The predicted molar refractivity (Wildman–Crippen MR) is 90.9 cm³/mol. The lowest BCUT2D eigenvalue weighted by molar-refractivity contribution is 0.101. The second-order valence-corrected chi connectivity index (χ2v) is 5.40. The van der Waals surface area contributed by atoms with E-state index >= 15 is 0 Å². The first kappa shape index (κ1) is 15.7. The fourth-order valence-corrected chi connectivity index (χ4v) is 2.57. The standard InChI is InChI=1S/C18H17N3O3/c1-11-16(21-10-4-5-15(24-3)17(21)19-11)18(23)20-14-8-6-13(7-9-14)12(2)22/h4-10H,1-3H3,(H,20,23). The highest BCUT2D eigenvalue weighted by Gasteiger charge is 2.18.